The summed E-state index contributed by atoms with van der Waals surface area (Å²) in [4.78, 5) is 4.39. The fourth-order valence-electron chi connectivity index (χ4n) is 2.55. The Kier molecular flexibility index (Phi) is 2.75. The quantitative estimate of drug-likeness (QED) is 0.571. The SMILES string of the molecule is Cn1nnc2c(-n3ccnc3-c3ccc(F)cc3)cccc21. The molecule has 0 fully saturated rings. The number of fused-ring (bicyclic) bond motifs is 1. The van der Waals surface area contributed by atoms with Gasteiger partial charge >= 0.3 is 0 Å². The highest BCUT2D eigenvalue weighted by atomic mass is 19.1. The van der Waals surface area contributed by atoms with Crippen LogP contribution in [-0.2, 0) is 7.05 Å². The first kappa shape index (κ1) is 12.7. The van der Waals surface area contributed by atoms with E-state index in [1.807, 2.05) is 36.0 Å². The third kappa shape index (κ3) is 1.88. The van der Waals surface area contributed by atoms with Crippen LogP contribution in [0.5, 0.6) is 0 Å². The molecule has 0 radical (unpaired) electrons. The first-order chi connectivity index (χ1) is 10.7. The number of aromatic nitrogens is 5. The van der Waals surface area contributed by atoms with E-state index in [-0.39, 0.29) is 5.82 Å². The molecule has 0 bridgehead atoms. The molecule has 0 N–H and O–H groups in total. The van der Waals surface area contributed by atoms with Gasteiger partial charge in [0.1, 0.15) is 17.2 Å². The predicted molar refractivity (Wildman–Crippen MR) is 81.0 cm³/mol. The van der Waals surface area contributed by atoms with Gasteiger partial charge in [0.2, 0.25) is 0 Å². The van der Waals surface area contributed by atoms with Crippen LogP contribution in [0.4, 0.5) is 4.39 Å². The summed E-state index contributed by atoms with van der Waals surface area (Å²) in [6.07, 6.45) is 3.58. The number of benzene rings is 2. The third-order valence-corrected chi connectivity index (χ3v) is 3.62. The summed E-state index contributed by atoms with van der Waals surface area (Å²) < 4.78 is 16.8. The van der Waals surface area contributed by atoms with E-state index in [1.165, 1.54) is 12.1 Å². The Labute approximate surface area is 125 Å². The number of rotatable bonds is 2. The van der Waals surface area contributed by atoms with Crippen LogP contribution in [0.15, 0.2) is 54.9 Å². The first-order valence-corrected chi connectivity index (χ1v) is 6.82. The van der Waals surface area contributed by atoms with Crippen molar-refractivity contribution in [3.63, 3.8) is 0 Å². The van der Waals surface area contributed by atoms with Gasteiger partial charge in [-0.2, -0.15) is 0 Å². The van der Waals surface area contributed by atoms with Crippen molar-refractivity contribution in [2.45, 2.75) is 0 Å². The molecule has 0 aliphatic heterocycles. The number of imidazole rings is 1. The highest BCUT2D eigenvalue weighted by Crippen LogP contribution is 2.25. The monoisotopic (exact) mass is 293 g/mol. The van der Waals surface area contributed by atoms with Crippen molar-refractivity contribution < 1.29 is 4.39 Å². The maximum absolute atomic E-state index is 13.1. The molecule has 4 aromatic rings. The van der Waals surface area contributed by atoms with E-state index in [9.17, 15) is 4.39 Å². The Morgan fingerprint density at radius 3 is 2.68 bits per heavy atom. The topological polar surface area (TPSA) is 48.5 Å². The van der Waals surface area contributed by atoms with Crippen molar-refractivity contribution >= 4 is 11.0 Å². The van der Waals surface area contributed by atoms with Gasteiger partial charge in [-0.25, -0.2) is 14.1 Å². The van der Waals surface area contributed by atoms with Gasteiger partial charge in [0.15, 0.2) is 0 Å². The molecule has 0 saturated heterocycles. The van der Waals surface area contributed by atoms with Crippen LogP contribution in [0, 0.1) is 5.82 Å². The van der Waals surface area contributed by atoms with Gasteiger partial charge in [-0.3, -0.25) is 4.57 Å². The molecule has 2 heterocycles. The molecule has 0 amide bonds. The van der Waals surface area contributed by atoms with Crippen LogP contribution in [0.3, 0.4) is 0 Å². The van der Waals surface area contributed by atoms with Crippen molar-refractivity contribution in [2.75, 3.05) is 0 Å². The van der Waals surface area contributed by atoms with E-state index < -0.39 is 0 Å². The largest absolute Gasteiger partial charge is 0.297 e. The molecule has 0 spiro atoms. The maximum atomic E-state index is 13.1. The van der Waals surface area contributed by atoms with E-state index >= 15 is 0 Å². The van der Waals surface area contributed by atoms with E-state index in [0.717, 1.165) is 28.1 Å². The fraction of sp³-hybridized carbons (Fsp3) is 0.0625. The lowest BCUT2D eigenvalue weighted by atomic mass is 10.2. The van der Waals surface area contributed by atoms with Gasteiger partial charge in [0, 0.05) is 25.0 Å². The molecular weight excluding hydrogens is 281 g/mol. The molecule has 0 aliphatic carbocycles. The standard InChI is InChI=1S/C16H12FN5/c1-21-13-3-2-4-14(15(13)19-20-21)22-10-9-18-16(22)11-5-7-12(17)8-6-11/h2-10H,1H3. The minimum atomic E-state index is -0.266. The van der Waals surface area contributed by atoms with Gasteiger partial charge in [-0.1, -0.05) is 11.3 Å². The van der Waals surface area contributed by atoms with Gasteiger partial charge in [-0.05, 0) is 36.4 Å². The summed E-state index contributed by atoms with van der Waals surface area (Å²) in [7, 11) is 1.86. The number of halogens is 1. The normalized spacial score (nSPS) is 11.2. The summed E-state index contributed by atoms with van der Waals surface area (Å²) in [5.74, 6) is 0.469. The fourth-order valence-corrected chi connectivity index (χ4v) is 2.55. The van der Waals surface area contributed by atoms with Crippen LogP contribution >= 0.6 is 0 Å². The molecule has 4 rings (SSSR count). The zero-order valence-corrected chi connectivity index (χ0v) is 11.8. The van der Waals surface area contributed by atoms with Crippen LogP contribution in [-0.4, -0.2) is 24.5 Å². The molecule has 22 heavy (non-hydrogen) atoms. The molecule has 0 unspecified atom stereocenters. The van der Waals surface area contributed by atoms with E-state index in [2.05, 4.69) is 15.3 Å². The number of aryl methyl sites for hydroxylation is 1. The maximum Gasteiger partial charge on any atom is 0.144 e. The highest BCUT2D eigenvalue weighted by molar-refractivity contribution is 5.84. The lowest BCUT2D eigenvalue weighted by molar-refractivity contribution is 0.628. The number of hydrogen-bond donors (Lipinski definition) is 0. The van der Waals surface area contributed by atoms with Crippen LogP contribution in [0.25, 0.3) is 28.1 Å². The molecule has 2 aromatic carbocycles. The smallest absolute Gasteiger partial charge is 0.144 e. The van der Waals surface area contributed by atoms with Crippen LogP contribution in [0.2, 0.25) is 0 Å². The predicted octanol–water partition coefficient (Wildman–Crippen LogP) is 2.96. The zero-order valence-electron chi connectivity index (χ0n) is 11.8. The van der Waals surface area contributed by atoms with Crippen molar-refractivity contribution in [1.82, 2.24) is 24.5 Å². The Morgan fingerprint density at radius 1 is 1.05 bits per heavy atom. The number of nitrogens with zero attached hydrogens (tertiary/aromatic N) is 5. The minimum absolute atomic E-state index is 0.266. The molecule has 108 valence electrons. The average Bonchev–Trinajstić information content (AvgIpc) is 3.15. The third-order valence-electron chi connectivity index (χ3n) is 3.62. The lowest BCUT2D eigenvalue weighted by Crippen LogP contribution is -1.98. The van der Waals surface area contributed by atoms with Crippen molar-refractivity contribution in [1.29, 1.82) is 0 Å². The second-order valence-corrected chi connectivity index (χ2v) is 4.99. The second kappa shape index (κ2) is 4.77. The molecule has 5 nitrogen and oxygen atoms in total. The average molecular weight is 293 g/mol. The highest BCUT2D eigenvalue weighted by Gasteiger charge is 2.13. The Hall–Kier alpha value is -3.02. The summed E-state index contributed by atoms with van der Waals surface area (Å²) in [6, 6.07) is 12.2. The van der Waals surface area contributed by atoms with Gasteiger partial charge < -0.3 is 0 Å². The second-order valence-electron chi connectivity index (χ2n) is 4.99. The Bertz CT molecular complexity index is 952. The van der Waals surface area contributed by atoms with E-state index in [0.29, 0.717) is 0 Å². The van der Waals surface area contributed by atoms with Crippen LogP contribution in [0.1, 0.15) is 0 Å². The zero-order chi connectivity index (χ0) is 15.1. The van der Waals surface area contributed by atoms with Crippen molar-refractivity contribution in [2.24, 2.45) is 7.05 Å². The van der Waals surface area contributed by atoms with E-state index in [4.69, 9.17) is 0 Å². The molecule has 0 aliphatic rings. The summed E-state index contributed by atoms with van der Waals surface area (Å²) in [5.41, 5.74) is 3.47. The van der Waals surface area contributed by atoms with Crippen molar-refractivity contribution in [3.05, 3.63) is 60.7 Å². The Morgan fingerprint density at radius 2 is 1.86 bits per heavy atom. The van der Waals surface area contributed by atoms with Crippen molar-refractivity contribution in [3.8, 4) is 17.1 Å². The molecule has 6 heteroatoms. The molecule has 0 atom stereocenters. The Balaban J connectivity index is 1.93. The lowest BCUT2D eigenvalue weighted by Gasteiger charge is -2.08. The molecule has 2 aromatic heterocycles. The number of hydrogen-bond acceptors (Lipinski definition) is 3. The van der Waals surface area contributed by atoms with Gasteiger partial charge in [0.05, 0.1) is 11.2 Å². The van der Waals surface area contributed by atoms with Gasteiger partial charge in [0.25, 0.3) is 0 Å². The van der Waals surface area contributed by atoms with Gasteiger partial charge in [-0.15, -0.1) is 5.10 Å². The van der Waals surface area contributed by atoms with Crippen LogP contribution < -0.4 is 0 Å². The summed E-state index contributed by atoms with van der Waals surface area (Å²) >= 11 is 0. The van der Waals surface area contributed by atoms with E-state index in [1.54, 1.807) is 23.0 Å². The summed E-state index contributed by atoms with van der Waals surface area (Å²) in [5, 5.41) is 8.29. The minimum Gasteiger partial charge on any atom is -0.297 e. The molecular formula is C16H12FN5. The first-order valence-electron chi connectivity index (χ1n) is 6.82. The molecule has 0 saturated carbocycles. The summed E-state index contributed by atoms with van der Waals surface area (Å²) in [6.45, 7) is 0.